The molecule has 3 aromatic carbocycles. The number of aryl methyl sites for hydroxylation is 1. The lowest BCUT2D eigenvalue weighted by Crippen LogP contribution is -2.54. The minimum Gasteiger partial charge on any atom is -0.457 e. The molecule has 2 atom stereocenters. The number of amides is 3. The molecule has 0 bridgehead atoms. The number of aromatic nitrogens is 3. The molecule has 3 amide bonds. The lowest BCUT2D eigenvalue weighted by molar-refractivity contribution is -0.130. The van der Waals surface area contributed by atoms with Gasteiger partial charge in [-0.25, -0.2) is 9.67 Å². The molecule has 0 spiro atoms. The molecule has 0 aliphatic heterocycles. The first-order valence-electron chi connectivity index (χ1n) is 15.9. The van der Waals surface area contributed by atoms with E-state index in [4.69, 9.17) is 27.8 Å². The lowest BCUT2D eigenvalue weighted by Gasteiger charge is -2.24. The lowest BCUT2D eigenvalue weighted by atomic mass is 10.0. The van der Waals surface area contributed by atoms with E-state index in [0.717, 1.165) is 5.56 Å². The molecule has 4 aromatic rings. The highest BCUT2D eigenvalue weighted by Crippen LogP contribution is 2.22. The predicted octanol–water partition coefficient (Wildman–Crippen LogP) is 4.02. The van der Waals surface area contributed by atoms with Gasteiger partial charge >= 0.3 is 0 Å². The third kappa shape index (κ3) is 11.4. The van der Waals surface area contributed by atoms with Crippen LogP contribution < -0.4 is 32.2 Å². The summed E-state index contributed by atoms with van der Waals surface area (Å²) in [6.07, 6.45) is 0.940. The Morgan fingerprint density at radius 3 is 2.33 bits per heavy atom. The standard InChI is InChI=1S/C35H42ClN9O4/c1-22(2)19-30(32(46)40-21-24-9-7-12-28(20-24)49-27-10-5-4-6-11-27)43-33(47)29(13-8-18-39-35(37)38)42-34(48)31-41-23(3)45(44-31)26-16-14-25(36)15-17-26/h4-7,9-12,14-17,20,22,29-30H,8,13,18-19,21H2,1-3H3,(H,40,46)(H,42,48)(H,43,47)(H4,37,38,39)/t29-,30-/m0/s1. The van der Waals surface area contributed by atoms with Crippen molar-refractivity contribution in [3.8, 4) is 17.2 Å². The van der Waals surface area contributed by atoms with Gasteiger partial charge in [-0.2, -0.15) is 0 Å². The molecule has 49 heavy (non-hydrogen) atoms. The monoisotopic (exact) mass is 687 g/mol. The number of aliphatic imine (C=N–C) groups is 1. The first-order chi connectivity index (χ1) is 23.5. The molecule has 1 heterocycles. The first-order valence-corrected chi connectivity index (χ1v) is 16.3. The zero-order valence-corrected chi connectivity index (χ0v) is 28.5. The van der Waals surface area contributed by atoms with Crippen LogP contribution in [0.4, 0.5) is 0 Å². The summed E-state index contributed by atoms with van der Waals surface area (Å²) in [5, 5.41) is 13.4. The molecule has 0 saturated heterocycles. The van der Waals surface area contributed by atoms with E-state index in [2.05, 4.69) is 31.0 Å². The normalized spacial score (nSPS) is 12.1. The molecule has 0 aliphatic rings. The molecular formula is C35H42ClN9O4. The van der Waals surface area contributed by atoms with Crippen molar-refractivity contribution in [2.75, 3.05) is 6.54 Å². The summed E-state index contributed by atoms with van der Waals surface area (Å²) < 4.78 is 7.42. The highest BCUT2D eigenvalue weighted by Gasteiger charge is 2.28. The largest absolute Gasteiger partial charge is 0.457 e. The second-order valence-electron chi connectivity index (χ2n) is 11.8. The van der Waals surface area contributed by atoms with Crippen molar-refractivity contribution in [3.05, 3.63) is 101 Å². The predicted molar refractivity (Wildman–Crippen MR) is 188 cm³/mol. The van der Waals surface area contributed by atoms with Crippen molar-refractivity contribution in [1.82, 2.24) is 30.7 Å². The van der Waals surface area contributed by atoms with Crippen LogP contribution in [0.5, 0.6) is 11.5 Å². The van der Waals surface area contributed by atoms with Crippen LogP contribution >= 0.6 is 11.6 Å². The van der Waals surface area contributed by atoms with E-state index in [1.54, 1.807) is 31.2 Å². The van der Waals surface area contributed by atoms with Crippen molar-refractivity contribution in [3.63, 3.8) is 0 Å². The molecule has 1 aromatic heterocycles. The number of carbonyl (C=O) groups excluding carboxylic acids is 3. The van der Waals surface area contributed by atoms with Gasteiger partial charge in [-0.15, -0.1) is 5.10 Å². The minimum absolute atomic E-state index is 0.0803. The fraction of sp³-hybridized carbons (Fsp3) is 0.314. The van der Waals surface area contributed by atoms with Gasteiger partial charge in [0, 0.05) is 18.1 Å². The quantitative estimate of drug-likeness (QED) is 0.0662. The SMILES string of the molecule is Cc1nc(C(=O)N[C@@H](CCCN=C(N)N)C(=O)N[C@@H](CC(C)C)C(=O)NCc2cccc(Oc3ccccc3)c2)nn1-c1ccc(Cl)cc1. The van der Waals surface area contributed by atoms with E-state index in [9.17, 15) is 14.4 Å². The Labute approximate surface area is 290 Å². The van der Waals surface area contributed by atoms with Crippen LogP contribution in [0.1, 0.15) is 55.1 Å². The van der Waals surface area contributed by atoms with E-state index in [1.165, 1.54) is 4.68 Å². The van der Waals surface area contributed by atoms with Crippen LogP contribution in [-0.4, -0.2) is 57.1 Å². The number of nitrogens with zero attached hydrogens (tertiary/aromatic N) is 4. The van der Waals surface area contributed by atoms with Gasteiger partial charge in [-0.05, 0) is 86.2 Å². The maximum absolute atomic E-state index is 13.7. The molecular weight excluding hydrogens is 646 g/mol. The second kappa shape index (κ2) is 17.6. The molecule has 0 fully saturated rings. The van der Waals surface area contributed by atoms with Gasteiger partial charge in [0.1, 0.15) is 29.4 Å². The van der Waals surface area contributed by atoms with E-state index in [1.807, 2.05) is 68.4 Å². The summed E-state index contributed by atoms with van der Waals surface area (Å²) >= 11 is 6.01. The average molecular weight is 688 g/mol. The molecule has 0 unspecified atom stereocenters. The van der Waals surface area contributed by atoms with Crippen molar-refractivity contribution < 1.29 is 19.1 Å². The number of para-hydroxylation sites is 1. The van der Waals surface area contributed by atoms with Crippen LogP contribution in [0.2, 0.25) is 5.02 Å². The summed E-state index contributed by atoms with van der Waals surface area (Å²) in [7, 11) is 0. The maximum atomic E-state index is 13.7. The number of benzene rings is 3. The topological polar surface area (TPSA) is 192 Å². The fourth-order valence-electron chi connectivity index (χ4n) is 4.94. The van der Waals surface area contributed by atoms with Crippen LogP contribution in [-0.2, 0) is 16.1 Å². The Hall–Kier alpha value is -5.43. The number of ether oxygens (including phenoxy) is 1. The van der Waals surface area contributed by atoms with Crippen LogP contribution in [0.15, 0.2) is 83.9 Å². The molecule has 14 heteroatoms. The van der Waals surface area contributed by atoms with Gasteiger partial charge in [-0.1, -0.05) is 55.8 Å². The third-order valence-electron chi connectivity index (χ3n) is 7.29. The molecule has 0 radical (unpaired) electrons. The highest BCUT2D eigenvalue weighted by atomic mass is 35.5. The third-order valence-corrected chi connectivity index (χ3v) is 7.55. The van der Waals surface area contributed by atoms with Gasteiger partial charge in [0.15, 0.2) is 5.96 Å². The Morgan fingerprint density at radius 2 is 1.63 bits per heavy atom. The van der Waals surface area contributed by atoms with Gasteiger partial charge in [0.05, 0.1) is 5.69 Å². The van der Waals surface area contributed by atoms with Crippen molar-refractivity contribution in [2.24, 2.45) is 22.4 Å². The van der Waals surface area contributed by atoms with Crippen LogP contribution in [0.25, 0.3) is 5.69 Å². The molecule has 0 saturated carbocycles. The average Bonchev–Trinajstić information content (AvgIpc) is 3.46. The number of hydrogen-bond donors (Lipinski definition) is 5. The fourth-order valence-corrected chi connectivity index (χ4v) is 5.07. The van der Waals surface area contributed by atoms with Crippen LogP contribution in [0, 0.1) is 12.8 Å². The summed E-state index contributed by atoms with van der Waals surface area (Å²) in [4.78, 5) is 48.7. The summed E-state index contributed by atoms with van der Waals surface area (Å²) in [5.74, 6) is 0.126. The zero-order valence-electron chi connectivity index (χ0n) is 27.7. The van der Waals surface area contributed by atoms with Crippen LogP contribution in [0.3, 0.4) is 0 Å². The second-order valence-corrected chi connectivity index (χ2v) is 12.3. The number of carbonyl (C=O) groups is 3. The van der Waals surface area contributed by atoms with Crippen molar-refractivity contribution in [1.29, 1.82) is 0 Å². The van der Waals surface area contributed by atoms with E-state index in [0.29, 0.717) is 40.9 Å². The van der Waals surface area contributed by atoms with Gasteiger partial charge in [-0.3, -0.25) is 19.4 Å². The number of rotatable bonds is 16. The summed E-state index contributed by atoms with van der Waals surface area (Å²) in [6.45, 7) is 6.08. The molecule has 13 nitrogen and oxygen atoms in total. The summed E-state index contributed by atoms with van der Waals surface area (Å²) in [5.41, 5.74) is 12.4. The number of halogens is 1. The smallest absolute Gasteiger partial charge is 0.291 e. The van der Waals surface area contributed by atoms with Crippen molar-refractivity contribution in [2.45, 2.75) is 58.7 Å². The van der Waals surface area contributed by atoms with E-state index in [-0.39, 0.29) is 43.1 Å². The first kappa shape index (κ1) is 36.4. The Balaban J connectivity index is 1.44. The number of hydrogen-bond acceptors (Lipinski definition) is 7. The number of nitrogens with one attached hydrogen (secondary N) is 3. The van der Waals surface area contributed by atoms with E-state index >= 15 is 0 Å². The Bertz CT molecular complexity index is 1740. The molecule has 7 N–H and O–H groups in total. The minimum atomic E-state index is -1.03. The number of guanidine groups is 1. The zero-order chi connectivity index (χ0) is 35.3. The number of nitrogens with two attached hydrogens (primary N) is 2. The van der Waals surface area contributed by atoms with Crippen molar-refractivity contribution >= 4 is 35.3 Å². The molecule has 0 aliphatic carbocycles. The summed E-state index contributed by atoms with van der Waals surface area (Å²) in [6, 6.07) is 21.8. The van der Waals surface area contributed by atoms with Gasteiger partial charge in [0.25, 0.3) is 5.91 Å². The van der Waals surface area contributed by atoms with E-state index < -0.39 is 23.9 Å². The highest BCUT2D eigenvalue weighted by molar-refractivity contribution is 6.30. The maximum Gasteiger partial charge on any atom is 0.291 e. The van der Waals surface area contributed by atoms with Gasteiger partial charge < -0.3 is 32.2 Å². The molecule has 258 valence electrons. The Kier molecular flexibility index (Phi) is 13.1. The molecule has 4 rings (SSSR count). The Morgan fingerprint density at radius 1 is 0.918 bits per heavy atom. The van der Waals surface area contributed by atoms with Gasteiger partial charge in [0.2, 0.25) is 17.6 Å².